The maximum absolute atomic E-state index is 9.84. The number of rotatable bonds is 4. The van der Waals surface area contributed by atoms with E-state index in [1.807, 2.05) is 0 Å². The molecule has 0 saturated carbocycles. The van der Waals surface area contributed by atoms with Gasteiger partial charge in [0.05, 0.1) is 6.61 Å². The topological polar surface area (TPSA) is 114 Å². The molecule has 1 fully saturated rings. The van der Waals surface area contributed by atoms with Crippen molar-refractivity contribution in [2.45, 2.75) is 43.9 Å². The van der Waals surface area contributed by atoms with E-state index in [9.17, 15) is 10.2 Å². The highest BCUT2D eigenvalue weighted by atomic mass is 16.7. The van der Waals surface area contributed by atoms with Gasteiger partial charge in [0.2, 0.25) is 0 Å². The summed E-state index contributed by atoms with van der Waals surface area (Å²) in [6, 6.07) is 0. The third-order valence-corrected chi connectivity index (χ3v) is 2.46. The number of aliphatic hydroxyl groups excluding tert-OH is 3. The summed E-state index contributed by atoms with van der Waals surface area (Å²) in [5.74, 6) is 0. The molecule has 2 unspecified atom stereocenters. The Balaban J connectivity index is 2.77. The minimum Gasteiger partial charge on any atom is -0.394 e. The standard InChI is InChI=1S/C9H19NO6/c1-4(10)15-7-6(12)5(3-11)16-9(13)8(7)14-2/h4-9,11-13H,3,10H2,1-2H3/t4?,5-,6+,7+,8-,9?/m1/s1. The molecule has 0 aromatic heterocycles. The van der Waals surface area contributed by atoms with Gasteiger partial charge in [-0.2, -0.15) is 0 Å². The number of ether oxygens (including phenoxy) is 3. The molecule has 6 atom stereocenters. The monoisotopic (exact) mass is 237 g/mol. The Morgan fingerprint density at radius 1 is 1.38 bits per heavy atom. The maximum atomic E-state index is 9.84. The van der Waals surface area contributed by atoms with Crippen molar-refractivity contribution in [2.24, 2.45) is 5.73 Å². The molecule has 0 amide bonds. The summed E-state index contributed by atoms with van der Waals surface area (Å²) in [4.78, 5) is 0. The molecule has 1 aliphatic heterocycles. The summed E-state index contributed by atoms with van der Waals surface area (Å²) in [5, 5.41) is 28.4. The Hall–Kier alpha value is -0.280. The molecule has 1 heterocycles. The van der Waals surface area contributed by atoms with Gasteiger partial charge in [-0.15, -0.1) is 0 Å². The van der Waals surface area contributed by atoms with E-state index in [-0.39, 0.29) is 0 Å². The molecule has 0 bridgehead atoms. The smallest absolute Gasteiger partial charge is 0.184 e. The number of hydrogen-bond acceptors (Lipinski definition) is 7. The van der Waals surface area contributed by atoms with E-state index < -0.39 is 43.5 Å². The Morgan fingerprint density at radius 3 is 2.44 bits per heavy atom. The minimum absolute atomic E-state index is 0.423. The molecule has 0 spiro atoms. The van der Waals surface area contributed by atoms with E-state index in [4.69, 9.17) is 25.1 Å². The second kappa shape index (κ2) is 5.87. The highest BCUT2D eigenvalue weighted by Gasteiger charge is 2.45. The van der Waals surface area contributed by atoms with Gasteiger partial charge in [-0.25, -0.2) is 0 Å². The molecule has 5 N–H and O–H groups in total. The fourth-order valence-electron chi connectivity index (χ4n) is 1.71. The average molecular weight is 237 g/mol. The van der Waals surface area contributed by atoms with E-state index in [0.717, 1.165) is 0 Å². The van der Waals surface area contributed by atoms with E-state index in [1.165, 1.54) is 7.11 Å². The van der Waals surface area contributed by atoms with Gasteiger partial charge in [0.25, 0.3) is 0 Å². The van der Waals surface area contributed by atoms with Gasteiger partial charge in [0, 0.05) is 7.11 Å². The highest BCUT2D eigenvalue weighted by molar-refractivity contribution is 4.90. The first-order chi connectivity index (χ1) is 7.51. The second-order valence-electron chi connectivity index (χ2n) is 3.74. The first-order valence-electron chi connectivity index (χ1n) is 5.07. The maximum Gasteiger partial charge on any atom is 0.184 e. The largest absolute Gasteiger partial charge is 0.394 e. The minimum atomic E-state index is -1.27. The lowest BCUT2D eigenvalue weighted by molar-refractivity contribution is -0.304. The lowest BCUT2D eigenvalue weighted by Crippen LogP contribution is -2.61. The Labute approximate surface area is 93.7 Å². The number of nitrogens with two attached hydrogens (primary N) is 1. The lowest BCUT2D eigenvalue weighted by atomic mass is 9.99. The van der Waals surface area contributed by atoms with Crippen molar-refractivity contribution < 1.29 is 29.5 Å². The third-order valence-electron chi connectivity index (χ3n) is 2.46. The Morgan fingerprint density at radius 2 is 2.00 bits per heavy atom. The molecule has 0 aliphatic carbocycles. The van der Waals surface area contributed by atoms with Crippen LogP contribution in [0.1, 0.15) is 6.92 Å². The molecule has 7 heteroatoms. The van der Waals surface area contributed by atoms with Crippen molar-refractivity contribution in [1.82, 2.24) is 0 Å². The third kappa shape index (κ3) is 2.89. The fraction of sp³-hybridized carbons (Fsp3) is 1.00. The van der Waals surface area contributed by atoms with E-state index in [0.29, 0.717) is 0 Å². The van der Waals surface area contributed by atoms with Crippen molar-refractivity contribution >= 4 is 0 Å². The van der Waals surface area contributed by atoms with Crippen molar-refractivity contribution in [3.8, 4) is 0 Å². The van der Waals surface area contributed by atoms with Crippen LogP contribution in [0.2, 0.25) is 0 Å². The normalized spacial score (nSPS) is 42.0. The number of methoxy groups -OCH3 is 1. The van der Waals surface area contributed by atoms with Crippen LogP contribution in [0.25, 0.3) is 0 Å². The van der Waals surface area contributed by atoms with Crippen molar-refractivity contribution in [3.63, 3.8) is 0 Å². The van der Waals surface area contributed by atoms with Gasteiger partial charge in [-0.05, 0) is 6.92 Å². The van der Waals surface area contributed by atoms with Gasteiger partial charge in [0.1, 0.15) is 30.6 Å². The molecule has 96 valence electrons. The van der Waals surface area contributed by atoms with Crippen LogP contribution in [0, 0.1) is 0 Å². The molecule has 1 rings (SSSR count). The Kier molecular flexibility index (Phi) is 5.06. The predicted octanol–water partition coefficient (Wildman–Crippen LogP) is -2.24. The van der Waals surface area contributed by atoms with Gasteiger partial charge < -0.3 is 35.3 Å². The van der Waals surface area contributed by atoms with Crippen LogP contribution >= 0.6 is 0 Å². The molecule has 1 aliphatic rings. The lowest BCUT2D eigenvalue weighted by Gasteiger charge is -2.42. The number of aliphatic hydroxyl groups is 3. The zero-order valence-electron chi connectivity index (χ0n) is 9.31. The fourth-order valence-corrected chi connectivity index (χ4v) is 1.71. The number of hydrogen-bond donors (Lipinski definition) is 4. The van der Waals surface area contributed by atoms with E-state index >= 15 is 0 Å². The summed E-state index contributed by atoms with van der Waals surface area (Å²) < 4.78 is 15.2. The predicted molar refractivity (Wildman–Crippen MR) is 53.3 cm³/mol. The van der Waals surface area contributed by atoms with Gasteiger partial charge in [-0.3, -0.25) is 0 Å². The molecular formula is C9H19NO6. The first kappa shape index (κ1) is 13.8. The molecule has 7 nitrogen and oxygen atoms in total. The van der Waals surface area contributed by atoms with Gasteiger partial charge >= 0.3 is 0 Å². The molecule has 16 heavy (non-hydrogen) atoms. The van der Waals surface area contributed by atoms with E-state index in [2.05, 4.69) is 0 Å². The summed E-state index contributed by atoms with van der Waals surface area (Å²) in [6.07, 6.45) is -5.60. The van der Waals surface area contributed by atoms with Crippen molar-refractivity contribution in [2.75, 3.05) is 13.7 Å². The highest BCUT2D eigenvalue weighted by Crippen LogP contribution is 2.24. The van der Waals surface area contributed by atoms with Crippen LogP contribution < -0.4 is 5.73 Å². The van der Waals surface area contributed by atoms with Crippen LogP contribution in [0.5, 0.6) is 0 Å². The van der Waals surface area contributed by atoms with Gasteiger partial charge in [0.15, 0.2) is 6.29 Å². The van der Waals surface area contributed by atoms with Crippen LogP contribution in [0.3, 0.4) is 0 Å². The quantitative estimate of drug-likeness (QED) is 0.409. The molecular weight excluding hydrogens is 218 g/mol. The van der Waals surface area contributed by atoms with Crippen LogP contribution in [0.4, 0.5) is 0 Å². The SMILES string of the molecule is CO[C@H]1C(O)O[C@H](CO)[C@H](O)[C@@H]1OC(C)N. The molecule has 0 aromatic carbocycles. The first-order valence-corrected chi connectivity index (χ1v) is 5.07. The van der Waals surface area contributed by atoms with E-state index in [1.54, 1.807) is 6.92 Å². The molecule has 1 saturated heterocycles. The molecule has 0 radical (unpaired) electrons. The summed E-state index contributed by atoms with van der Waals surface area (Å²) in [6.45, 7) is 1.17. The zero-order chi connectivity index (χ0) is 12.3. The van der Waals surface area contributed by atoms with Gasteiger partial charge in [-0.1, -0.05) is 0 Å². The summed E-state index contributed by atoms with van der Waals surface area (Å²) in [7, 11) is 1.36. The van der Waals surface area contributed by atoms with Crippen LogP contribution in [0.15, 0.2) is 0 Å². The zero-order valence-corrected chi connectivity index (χ0v) is 9.31. The van der Waals surface area contributed by atoms with Crippen molar-refractivity contribution in [1.29, 1.82) is 0 Å². The average Bonchev–Trinajstić information content (AvgIpc) is 2.22. The molecule has 0 aromatic rings. The summed E-state index contributed by atoms with van der Waals surface area (Å²) in [5.41, 5.74) is 5.46. The van der Waals surface area contributed by atoms with Crippen molar-refractivity contribution in [3.05, 3.63) is 0 Å². The Bertz CT molecular complexity index is 214. The van der Waals surface area contributed by atoms with Crippen LogP contribution in [-0.2, 0) is 14.2 Å². The van der Waals surface area contributed by atoms with Crippen LogP contribution in [-0.4, -0.2) is 66.0 Å². The summed E-state index contributed by atoms with van der Waals surface area (Å²) >= 11 is 0. The second-order valence-corrected chi connectivity index (χ2v) is 3.74.